The molecule has 1 aromatic rings. The van der Waals surface area contributed by atoms with E-state index in [1.807, 2.05) is 0 Å². The highest BCUT2D eigenvalue weighted by Crippen LogP contribution is 2.19. The average molecular weight is 318 g/mol. The van der Waals surface area contributed by atoms with E-state index in [-0.39, 0.29) is 30.9 Å². The molecular weight excluding hydrogens is 300 g/mol. The Morgan fingerprint density at radius 3 is 2.50 bits per heavy atom. The third-order valence-electron chi connectivity index (χ3n) is 3.37. The largest absolute Gasteiger partial charge is 0.399 e. The quantitative estimate of drug-likeness (QED) is 0.775. The van der Waals surface area contributed by atoms with Crippen LogP contribution in [0.25, 0.3) is 0 Å². The SMILES string of the molecule is Nc1cccc(CNS(=O)(=O)C2CCS(=O)(=O)CC2)c1. The van der Waals surface area contributed by atoms with Crippen molar-refractivity contribution in [2.75, 3.05) is 17.2 Å². The second-order valence-corrected chi connectivity index (χ2v) is 9.31. The second kappa shape index (κ2) is 5.71. The Kier molecular flexibility index (Phi) is 4.36. The van der Waals surface area contributed by atoms with E-state index in [1.54, 1.807) is 24.3 Å². The van der Waals surface area contributed by atoms with Crippen LogP contribution in [0.3, 0.4) is 0 Å². The van der Waals surface area contributed by atoms with Gasteiger partial charge in [-0.05, 0) is 30.5 Å². The number of sulfonamides is 1. The molecule has 0 atom stereocenters. The van der Waals surface area contributed by atoms with Crippen LogP contribution in [-0.2, 0) is 26.4 Å². The van der Waals surface area contributed by atoms with Gasteiger partial charge in [0.25, 0.3) is 0 Å². The van der Waals surface area contributed by atoms with Gasteiger partial charge in [0.1, 0.15) is 9.84 Å². The molecule has 20 heavy (non-hydrogen) atoms. The van der Waals surface area contributed by atoms with Gasteiger partial charge in [-0.25, -0.2) is 21.6 Å². The number of anilines is 1. The lowest BCUT2D eigenvalue weighted by molar-refractivity contribution is 0.542. The molecule has 0 aromatic heterocycles. The molecule has 0 amide bonds. The maximum atomic E-state index is 12.1. The minimum Gasteiger partial charge on any atom is -0.399 e. The third-order valence-corrected chi connectivity index (χ3v) is 6.98. The molecule has 1 saturated heterocycles. The van der Waals surface area contributed by atoms with Crippen molar-refractivity contribution in [3.8, 4) is 0 Å². The zero-order valence-electron chi connectivity index (χ0n) is 10.9. The first-order chi connectivity index (χ1) is 9.28. The van der Waals surface area contributed by atoms with E-state index in [0.29, 0.717) is 5.69 Å². The van der Waals surface area contributed by atoms with Gasteiger partial charge in [-0.15, -0.1) is 0 Å². The molecule has 1 aromatic carbocycles. The zero-order valence-corrected chi connectivity index (χ0v) is 12.6. The predicted molar refractivity (Wildman–Crippen MR) is 78.3 cm³/mol. The maximum absolute atomic E-state index is 12.1. The van der Waals surface area contributed by atoms with E-state index < -0.39 is 25.1 Å². The molecule has 3 N–H and O–H groups in total. The van der Waals surface area contributed by atoms with E-state index in [4.69, 9.17) is 5.73 Å². The van der Waals surface area contributed by atoms with Crippen LogP contribution in [0.4, 0.5) is 5.69 Å². The van der Waals surface area contributed by atoms with Crippen LogP contribution in [0.5, 0.6) is 0 Å². The summed E-state index contributed by atoms with van der Waals surface area (Å²) in [5.41, 5.74) is 6.98. The molecule has 8 heteroatoms. The molecule has 0 spiro atoms. The molecular formula is C12H18N2O4S2. The van der Waals surface area contributed by atoms with Gasteiger partial charge in [-0.3, -0.25) is 0 Å². The summed E-state index contributed by atoms with van der Waals surface area (Å²) < 4.78 is 49.4. The predicted octanol–water partition coefficient (Wildman–Crippen LogP) is 0.265. The monoisotopic (exact) mass is 318 g/mol. The number of rotatable bonds is 4. The van der Waals surface area contributed by atoms with Crippen molar-refractivity contribution in [3.05, 3.63) is 29.8 Å². The van der Waals surface area contributed by atoms with Crippen molar-refractivity contribution in [1.82, 2.24) is 4.72 Å². The number of nitrogen functional groups attached to an aromatic ring is 1. The fourth-order valence-electron chi connectivity index (χ4n) is 2.18. The Bertz CT molecular complexity index is 669. The molecule has 0 aliphatic carbocycles. The van der Waals surface area contributed by atoms with Gasteiger partial charge in [0, 0.05) is 12.2 Å². The Labute approximate surface area is 119 Å². The first-order valence-electron chi connectivity index (χ1n) is 6.32. The Morgan fingerprint density at radius 2 is 1.90 bits per heavy atom. The van der Waals surface area contributed by atoms with Crippen LogP contribution >= 0.6 is 0 Å². The molecule has 1 fully saturated rings. The highest BCUT2D eigenvalue weighted by Gasteiger charge is 2.32. The van der Waals surface area contributed by atoms with Crippen molar-refractivity contribution in [3.63, 3.8) is 0 Å². The van der Waals surface area contributed by atoms with E-state index in [9.17, 15) is 16.8 Å². The zero-order chi connectivity index (χ0) is 14.8. The van der Waals surface area contributed by atoms with E-state index >= 15 is 0 Å². The first kappa shape index (κ1) is 15.3. The van der Waals surface area contributed by atoms with Crippen LogP contribution in [0, 0.1) is 0 Å². The number of nitrogens with one attached hydrogen (secondary N) is 1. The van der Waals surface area contributed by atoms with E-state index in [1.165, 1.54) is 0 Å². The lowest BCUT2D eigenvalue weighted by atomic mass is 10.2. The minimum atomic E-state index is -3.50. The van der Waals surface area contributed by atoms with Crippen molar-refractivity contribution in [1.29, 1.82) is 0 Å². The molecule has 6 nitrogen and oxygen atoms in total. The summed E-state index contributed by atoms with van der Waals surface area (Å²) in [4.78, 5) is 0. The summed E-state index contributed by atoms with van der Waals surface area (Å²) in [7, 11) is -6.56. The average Bonchev–Trinajstić information content (AvgIpc) is 2.36. The molecule has 0 saturated carbocycles. The van der Waals surface area contributed by atoms with Crippen LogP contribution < -0.4 is 10.5 Å². The van der Waals surface area contributed by atoms with E-state index in [2.05, 4.69) is 4.72 Å². The number of hydrogen-bond acceptors (Lipinski definition) is 5. The molecule has 2 rings (SSSR count). The Hall–Kier alpha value is -1.12. The van der Waals surface area contributed by atoms with Gasteiger partial charge in [0.2, 0.25) is 10.0 Å². The van der Waals surface area contributed by atoms with Crippen LogP contribution in [-0.4, -0.2) is 33.6 Å². The van der Waals surface area contributed by atoms with Crippen LogP contribution in [0.15, 0.2) is 24.3 Å². The number of nitrogens with two attached hydrogens (primary N) is 1. The van der Waals surface area contributed by atoms with Crippen LogP contribution in [0.1, 0.15) is 18.4 Å². The summed E-state index contributed by atoms with van der Waals surface area (Å²) in [6.45, 7) is 0.163. The van der Waals surface area contributed by atoms with Gasteiger partial charge in [0.05, 0.1) is 16.8 Å². The molecule has 0 radical (unpaired) electrons. The highest BCUT2D eigenvalue weighted by molar-refractivity contribution is 7.92. The Morgan fingerprint density at radius 1 is 1.25 bits per heavy atom. The molecule has 0 unspecified atom stereocenters. The summed E-state index contributed by atoms with van der Waals surface area (Å²) in [6.07, 6.45) is 0.323. The van der Waals surface area contributed by atoms with Gasteiger partial charge in [-0.1, -0.05) is 12.1 Å². The normalized spacial score (nSPS) is 19.8. The second-order valence-electron chi connectivity index (χ2n) is 4.96. The highest BCUT2D eigenvalue weighted by atomic mass is 32.2. The minimum absolute atomic E-state index is 0.0587. The summed E-state index contributed by atoms with van der Waals surface area (Å²) in [5.74, 6) is -0.117. The molecule has 0 bridgehead atoms. The number of sulfone groups is 1. The molecule has 1 heterocycles. The fourth-order valence-corrected chi connectivity index (χ4v) is 5.43. The number of benzene rings is 1. The van der Waals surface area contributed by atoms with Gasteiger partial charge >= 0.3 is 0 Å². The van der Waals surface area contributed by atoms with Gasteiger partial charge in [-0.2, -0.15) is 0 Å². The van der Waals surface area contributed by atoms with E-state index in [0.717, 1.165) is 5.56 Å². The molecule has 112 valence electrons. The fraction of sp³-hybridized carbons (Fsp3) is 0.500. The van der Waals surface area contributed by atoms with Gasteiger partial charge < -0.3 is 5.73 Å². The third kappa shape index (κ3) is 3.94. The smallest absolute Gasteiger partial charge is 0.214 e. The summed E-state index contributed by atoms with van der Waals surface area (Å²) >= 11 is 0. The van der Waals surface area contributed by atoms with Crippen molar-refractivity contribution in [2.24, 2.45) is 0 Å². The maximum Gasteiger partial charge on any atom is 0.214 e. The standard InChI is InChI=1S/C12H18N2O4S2/c13-11-3-1-2-10(8-11)9-14-20(17,18)12-4-6-19(15,16)7-5-12/h1-3,8,12,14H,4-7,9,13H2. The molecule has 1 aliphatic heterocycles. The number of hydrogen-bond donors (Lipinski definition) is 2. The van der Waals surface area contributed by atoms with Crippen molar-refractivity contribution >= 4 is 25.5 Å². The first-order valence-corrected chi connectivity index (χ1v) is 9.69. The lowest BCUT2D eigenvalue weighted by Crippen LogP contribution is -2.39. The van der Waals surface area contributed by atoms with Crippen molar-refractivity contribution < 1.29 is 16.8 Å². The topological polar surface area (TPSA) is 106 Å². The lowest BCUT2D eigenvalue weighted by Gasteiger charge is -2.22. The van der Waals surface area contributed by atoms with Crippen molar-refractivity contribution in [2.45, 2.75) is 24.6 Å². The Balaban J connectivity index is 1.98. The molecule has 1 aliphatic rings. The van der Waals surface area contributed by atoms with Gasteiger partial charge in [0.15, 0.2) is 0 Å². The van der Waals surface area contributed by atoms with Crippen LogP contribution in [0.2, 0.25) is 0 Å². The summed E-state index contributed by atoms with van der Waals surface area (Å²) in [5, 5.41) is -0.632. The summed E-state index contributed by atoms with van der Waals surface area (Å²) in [6, 6.07) is 6.97.